The van der Waals surface area contributed by atoms with Crippen LogP contribution in [0.2, 0.25) is 15.1 Å². The van der Waals surface area contributed by atoms with Gasteiger partial charge in [0, 0.05) is 33.1 Å². The second kappa shape index (κ2) is 11.8. The molecule has 0 aliphatic carbocycles. The zero-order chi connectivity index (χ0) is 22.2. The zero-order valence-electron chi connectivity index (χ0n) is 16.4. The van der Waals surface area contributed by atoms with E-state index < -0.39 is 0 Å². The number of nitrogens with one attached hydrogen (secondary N) is 1. The number of rotatable bonds is 10. The minimum atomic E-state index is -0.131. The van der Waals surface area contributed by atoms with Gasteiger partial charge in [-0.2, -0.15) is 0 Å². The molecule has 3 aromatic rings. The van der Waals surface area contributed by atoms with Gasteiger partial charge in [0.25, 0.3) is 0 Å². The highest BCUT2D eigenvalue weighted by Crippen LogP contribution is 2.27. The molecule has 10 heteroatoms. The average molecular weight is 514 g/mol. The molecule has 2 aromatic carbocycles. The molecule has 0 atom stereocenters. The molecule has 0 saturated carbocycles. The Labute approximate surface area is 204 Å². The number of nitrogens with zero attached hydrogens (tertiary/aromatic N) is 3. The first-order valence-corrected chi connectivity index (χ1v) is 12.5. The lowest BCUT2D eigenvalue weighted by Crippen LogP contribution is -2.14. The summed E-state index contributed by atoms with van der Waals surface area (Å²) >= 11 is 21.1. The van der Waals surface area contributed by atoms with Gasteiger partial charge >= 0.3 is 0 Å². The van der Waals surface area contributed by atoms with Crippen LogP contribution in [0.3, 0.4) is 0 Å². The normalized spacial score (nSPS) is 10.8. The maximum absolute atomic E-state index is 12.3. The van der Waals surface area contributed by atoms with Crippen molar-refractivity contribution in [2.24, 2.45) is 0 Å². The van der Waals surface area contributed by atoms with Crippen molar-refractivity contribution in [3.05, 3.63) is 81.6 Å². The number of benzene rings is 2. The van der Waals surface area contributed by atoms with Crippen molar-refractivity contribution in [1.29, 1.82) is 0 Å². The molecule has 5 nitrogen and oxygen atoms in total. The van der Waals surface area contributed by atoms with Gasteiger partial charge in [-0.05, 0) is 42.0 Å². The summed E-state index contributed by atoms with van der Waals surface area (Å²) < 4.78 is 1.96. The Bertz CT molecular complexity index is 1060. The summed E-state index contributed by atoms with van der Waals surface area (Å²) in [7, 11) is 0. The Morgan fingerprint density at radius 1 is 1.06 bits per heavy atom. The van der Waals surface area contributed by atoms with E-state index in [0.29, 0.717) is 38.2 Å². The van der Waals surface area contributed by atoms with Crippen molar-refractivity contribution < 1.29 is 4.79 Å². The van der Waals surface area contributed by atoms with Gasteiger partial charge in [0.05, 0.1) is 11.5 Å². The number of aromatic nitrogens is 3. The first-order chi connectivity index (χ1) is 15.0. The third-order valence-electron chi connectivity index (χ3n) is 4.07. The van der Waals surface area contributed by atoms with Crippen LogP contribution in [0.1, 0.15) is 11.4 Å². The van der Waals surface area contributed by atoms with Crippen molar-refractivity contribution in [1.82, 2.24) is 14.8 Å². The Morgan fingerprint density at radius 3 is 2.52 bits per heavy atom. The highest BCUT2D eigenvalue weighted by Gasteiger charge is 2.14. The molecule has 0 aliphatic heterocycles. The maximum atomic E-state index is 12.3. The number of amides is 1. The minimum absolute atomic E-state index is 0.131. The summed E-state index contributed by atoms with van der Waals surface area (Å²) in [5.41, 5.74) is 1.71. The molecule has 162 valence electrons. The molecule has 0 spiro atoms. The predicted octanol–water partition coefficient (Wildman–Crippen LogP) is 6.59. The van der Waals surface area contributed by atoms with Crippen LogP contribution in [0.4, 0.5) is 5.69 Å². The summed E-state index contributed by atoms with van der Waals surface area (Å²) in [6.07, 6.45) is 1.78. The Morgan fingerprint density at radius 2 is 1.81 bits per heavy atom. The average Bonchev–Trinajstić information content (AvgIpc) is 3.12. The molecule has 0 saturated heterocycles. The topological polar surface area (TPSA) is 59.8 Å². The molecule has 3 rings (SSSR count). The van der Waals surface area contributed by atoms with E-state index in [9.17, 15) is 4.79 Å². The highest BCUT2D eigenvalue weighted by atomic mass is 35.5. The maximum Gasteiger partial charge on any atom is 0.234 e. The summed E-state index contributed by atoms with van der Waals surface area (Å²) in [5, 5.41) is 13.9. The molecule has 0 unspecified atom stereocenters. The van der Waals surface area contributed by atoms with E-state index in [1.54, 1.807) is 48.2 Å². The van der Waals surface area contributed by atoms with Crippen LogP contribution >= 0.6 is 58.3 Å². The van der Waals surface area contributed by atoms with E-state index in [1.165, 1.54) is 11.8 Å². The third-order valence-corrected chi connectivity index (χ3v) is 6.85. The predicted molar refractivity (Wildman–Crippen MR) is 132 cm³/mol. The van der Waals surface area contributed by atoms with Crippen LogP contribution < -0.4 is 5.32 Å². The van der Waals surface area contributed by atoms with Gasteiger partial charge < -0.3 is 9.88 Å². The molecule has 0 bridgehead atoms. The largest absolute Gasteiger partial charge is 0.325 e. The van der Waals surface area contributed by atoms with E-state index in [-0.39, 0.29) is 11.7 Å². The minimum Gasteiger partial charge on any atom is -0.325 e. The summed E-state index contributed by atoms with van der Waals surface area (Å²) in [4.78, 5) is 12.3. The van der Waals surface area contributed by atoms with E-state index in [1.807, 2.05) is 16.7 Å². The van der Waals surface area contributed by atoms with E-state index >= 15 is 0 Å². The molecular weight excluding hydrogens is 495 g/mol. The number of thioether (sulfide) groups is 2. The lowest BCUT2D eigenvalue weighted by molar-refractivity contribution is -0.113. The fourth-order valence-corrected chi connectivity index (χ4v) is 5.01. The lowest BCUT2D eigenvalue weighted by atomic mass is 10.2. The van der Waals surface area contributed by atoms with Crippen LogP contribution in [0.15, 0.2) is 60.3 Å². The Hall–Kier alpha value is -1.64. The van der Waals surface area contributed by atoms with Crippen molar-refractivity contribution in [2.75, 3.05) is 11.1 Å². The SMILES string of the molecule is C=CCn1c(CSCc2ccc(Cl)cc2Cl)nnc1SCC(=O)Nc1ccc(Cl)cc1. The number of anilines is 1. The number of hydrogen-bond acceptors (Lipinski definition) is 5. The second-order valence-electron chi connectivity index (χ2n) is 6.37. The van der Waals surface area contributed by atoms with Gasteiger partial charge in [0.2, 0.25) is 5.91 Å². The highest BCUT2D eigenvalue weighted by molar-refractivity contribution is 7.99. The summed E-state index contributed by atoms with van der Waals surface area (Å²) in [6, 6.07) is 12.5. The Balaban J connectivity index is 1.57. The van der Waals surface area contributed by atoms with Gasteiger partial charge in [0.1, 0.15) is 5.82 Å². The van der Waals surface area contributed by atoms with E-state index in [2.05, 4.69) is 22.1 Å². The second-order valence-corrected chi connectivity index (χ2v) is 9.58. The zero-order valence-corrected chi connectivity index (χ0v) is 20.3. The fraction of sp³-hybridized carbons (Fsp3) is 0.190. The van der Waals surface area contributed by atoms with E-state index in [4.69, 9.17) is 34.8 Å². The van der Waals surface area contributed by atoms with Crippen molar-refractivity contribution in [3.63, 3.8) is 0 Å². The molecule has 0 radical (unpaired) electrons. The summed E-state index contributed by atoms with van der Waals surface area (Å²) in [6.45, 7) is 4.37. The lowest BCUT2D eigenvalue weighted by Gasteiger charge is -2.09. The number of carbonyl (C=O) groups is 1. The van der Waals surface area contributed by atoms with Gasteiger partial charge in [-0.25, -0.2) is 0 Å². The quantitative estimate of drug-likeness (QED) is 0.245. The van der Waals surface area contributed by atoms with Crippen molar-refractivity contribution in [2.45, 2.75) is 23.2 Å². The number of halogens is 3. The molecule has 1 N–H and O–H groups in total. The number of allylic oxidation sites excluding steroid dienone is 1. The first-order valence-electron chi connectivity index (χ1n) is 9.19. The van der Waals surface area contributed by atoms with Crippen molar-refractivity contribution >= 4 is 69.9 Å². The van der Waals surface area contributed by atoms with Gasteiger partial charge in [0.15, 0.2) is 5.16 Å². The molecular formula is C21H19Cl3N4OS2. The third kappa shape index (κ3) is 7.19. The fourth-order valence-electron chi connectivity index (χ4n) is 2.60. The van der Waals surface area contributed by atoms with Crippen LogP contribution in [0, 0.1) is 0 Å². The number of hydrogen-bond donors (Lipinski definition) is 1. The molecule has 0 fully saturated rings. The standard InChI is InChI=1S/C21H19Cl3N4OS2/c1-2-9-28-19(12-30-11-14-3-4-16(23)10-18(14)24)26-27-21(28)31-13-20(29)25-17-7-5-15(22)6-8-17/h2-8,10H,1,9,11-13H2,(H,25,29). The molecule has 1 heterocycles. The molecule has 1 aromatic heterocycles. The summed E-state index contributed by atoms with van der Waals surface area (Å²) in [5.74, 6) is 2.27. The van der Waals surface area contributed by atoms with Crippen LogP contribution in [0.25, 0.3) is 0 Å². The van der Waals surface area contributed by atoms with Crippen LogP contribution in [0.5, 0.6) is 0 Å². The van der Waals surface area contributed by atoms with Crippen LogP contribution in [-0.2, 0) is 22.8 Å². The van der Waals surface area contributed by atoms with Crippen molar-refractivity contribution in [3.8, 4) is 0 Å². The molecule has 31 heavy (non-hydrogen) atoms. The van der Waals surface area contributed by atoms with Gasteiger partial charge in [-0.3, -0.25) is 4.79 Å². The monoisotopic (exact) mass is 512 g/mol. The van der Waals surface area contributed by atoms with Crippen LogP contribution in [-0.4, -0.2) is 26.4 Å². The van der Waals surface area contributed by atoms with Gasteiger partial charge in [-0.15, -0.1) is 28.5 Å². The molecule has 0 aliphatic rings. The molecule has 1 amide bonds. The van der Waals surface area contributed by atoms with E-state index in [0.717, 1.165) is 17.1 Å². The Kier molecular flexibility index (Phi) is 9.16. The number of carbonyl (C=O) groups excluding carboxylic acids is 1. The smallest absolute Gasteiger partial charge is 0.234 e. The first kappa shape index (κ1) is 24.0. The van der Waals surface area contributed by atoms with Gasteiger partial charge in [-0.1, -0.05) is 58.7 Å².